The average molecular weight is 436 g/mol. The maximum absolute atomic E-state index is 12.5. The van der Waals surface area contributed by atoms with E-state index in [-0.39, 0.29) is 41.0 Å². The number of halogens is 1. The highest BCUT2D eigenvalue weighted by atomic mass is 32.2. The number of aromatic nitrogens is 4. The molecule has 12 nitrogen and oxygen atoms in total. The molecule has 28 heavy (non-hydrogen) atoms. The second-order valence-electron chi connectivity index (χ2n) is 4.97. The second-order valence-corrected chi connectivity index (χ2v) is 7.62. The summed E-state index contributed by atoms with van der Waals surface area (Å²) < 4.78 is 57.5. The van der Waals surface area contributed by atoms with Crippen molar-refractivity contribution < 1.29 is 31.8 Å². The molecule has 2 rings (SSSR count). The number of hydrogen-bond acceptors (Lipinski definition) is 11. The van der Waals surface area contributed by atoms with Crippen LogP contribution < -0.4 is 19.5 Å². The number of nitrogens with one attached hydrogen (secondary N) is 2. The molecule has 0 saturated carbocycles. The first-order chi connectivity index (χ1) is 13.3. The molecule has 0 aliphatic carbocycles. The second kappa shape index (κ2) is 9.52. The molecule has 2 aromatic rings. The largest absolute Gasteiger partial charge is 0.467 e. The molecule has 154 valence electrons. The number of anilines is 1. The van der Waals surface area contributed by atoms with E-state index in [1.165, 1.54) is 14.2 Å². The number of rotatable bonds is 9. The van der Waals surface area contributed by atoms with E-state index in [0.717, 1.165) is 0 Å². The first-order valence-electron chi connectivity index (χ1n) is 7.57. The fourth-order valence-electron chi connectivity index (χ4n) is 1.84. The van der Waals surface area contributed by atoms with Crippen molar-refractivity contribution >= 4 is 33.5 Å². The molecule has 0 fully saturated rings. The molecule has 0 radical (unpaired) electrons. The Balaban J connectivity index is 2.15. The van der Waals surface area contributed by atoms with Gasteiger partial charge in [-0.05, 0) is 18.5 Å². The van der Waals surface area contributed by atoms with Crippen LogP contribution in [-0.4, -0.2) is 61.3 Å². The van der Waals surface area contributed by atoms with Gasteiger partial charge in [0.1, 0.15) is 6.67 Å². The van der Waals surface area contributed by atoms with Gasteiger partial charge in [0, 0.05) is 5.56 Å². The summed E-state index contributed by atoms with van der Waals surface area (Å²) in [6.07, 6.45) is 0. The minimum absolute atomic E-state index is 0.143. The van der Waals surface area contributed by atoms with Crippen LogP contribution in [0.4, 0.5) is 15.1 Å². The molecule has 0 spiro atoms. The van der Waals surface area contributed by atoms with Gasteiger partial charge in [-0.25, -0.2) is 22.3 Å². The van der Waals surface area contributed by atoms with Crippen LogP contribution in [0.15, 0.2) is 4.21 Å². The summed E-state index contributed by atoms with van der Waals surface area (Å²) in [4.78, 5) is 23.4. The normalized spacial score (nSPS) is 11.1. The number of hydrogen-bond donors (Lipinski definition) is 2. The van der Waals surface area contributed by atoms with E-state index in [4.69, 9.17) is 14.2 Å². The van der Waals surface area contributed by atoms with E-state index in [2.05, 4.69) is 24.6 Å². The summed E-state index contributed by atoms with van der Waals surface area (Å²) in [5, 5.41) is 2.15. The molecular weight excluding hydrogens is 419 g/mol. The molecular formula is C13H17FN6O6S2. The van der Waals surface area contributed by atoms with Crippen LogP contribution in [0.25, 0.3) is 0 Å². The molecule has 2 heterocycles. The number of amides is 2. The van der Waals surface area contributed by atoms with E-state index in [1.54, 1.807) is 6.92 Å². The van der Waals surface area contributed by atoms with Crippen molar-refractivity contribution in [2.24, 2.45) is 0 Å². The van der Waals surface area contributed by atoms with E-state index in [0.29, 0.717) is 17.2 Å². The van der Waals surface area contributed by atoms with Crippen molar-refractivity contribution in [3.63, 3.8) is 0 Å². The maximum Gasteiger partial charge on any atom is 0.335 e. The van der Waals surface area contributed by atoms with Crippen LogP contribution in [0.5, 0.6) is 12.0 Å². The van der Waals surface area contributed by atoms with Crippen molar-refractivity contribution in [1.29, 1.82) is 0 Å². The predicted octanol–water partition coefficient (Wildman–Crippen LogP) is 0.650. The Morgan fingerprint density at radius 1 is 1.18 bits per heavy atom. The van der Waals surface area contributed by atoms with Crippen molar-refractivity contribution in [2.75, 3.05) is 32.8 Å². The molecule has 2 aromatic heterocycles. The van der Waals surface area contributed by atoms with Crippen LogP contribution in [-0.2, 0) is 21.4 Å². The summed E-state index contributed by atoms with van der Waals surface area (Å²) in [5.74, 6) is -0.289. The van der Waals surface area contributed by atoms with Crippen molar-refractivity contribution in [3.8, 4) is 12.0 Å². The standard InChI is InChI=1S/C13H17FN6O6S2/c1-7-8(6-26-5-4-14)9(27-19-7)28(22,23)20-11(21)15-10-16-12(24-2)18-13(17-10)25-3/h4-6H2,1-3H3,(H2,15,16,17,18,20,21). The van der Waals surface area contributed by atoms with Gasteiger partial charge < -0.3 is 14.2 Å². The fraction of sp³-hybridized carbons (Fsp3) is 0.462. The molecule has 0 aliphatic heterocycles. The highest BCUT2D eigenvalue weighted by Gasteiger charge is 2.26. The van der Waals surface area contributed by atoms with E-state index < -0.39 is 22.7 Å². The number of urea groups is 1. The highest BCUT2D eigenvalue weighted by molar-refractivity contribution is 7.92. The molecule has 0 atom stereocenters. The molecule has 0 aliphatic rings. The maximum atomic E-state index is 12.5. The summed E-state index contributed by atoms with van der Waals surface area (Å²) in [5.41, 5.74) is 0.638. The quantitative estimate of drug-likeness (QED) is 0.535. The molecule has 0 aromatic carbocycles. The Kier molecular flexibility index (Phi) is 7.36. The molecule has 0 bridgehead atoms. The Bertz CT molecular complexity index is 915. The number of alkyl halides is 1. The van der Waals surface area contributed by atoms with Gasteiger partial charge in [-0.2, -0.15) is 14.3 Å². The Labute approximate surface area is 163 Å². The van der Waals surface area contributed by atoms with Crippen LogP contribution in [0.1, 0.15) is 11.3 Å². The molecule has 0 unspecified atom stereocenters. The van der Waals surface area contributed by atoms with E-state index in [9.17, 15) is 17.6 Å². The van der Waals surface area contributed by atoms with Crippen LogP contribution in [0.2, 0.25) is 0 Å². The zero-order valence-electron chi connectivity index (χ0n) is 15.1. The smallest absolute Gasteiger partial charge is 0.335 e. The van der Waals surface area contributed by atoms with Gasteiger partial charge in [0.2, 0.25) is 5.95 Å². The monoisotopic (exact) mass is 436 g/mol. The van der Waals surface area contributed by atoms with Gasteiger partial charge >= 0.3 is 18.1 Å². The number of nitrogens with zero attached hydrogens (tertiary/aromatic N) is 4. The van der Waals surface area contributed by atoms with Crippen molar-refractivity contribution in [1.82, 2.24) is 24.0 Å². The van der Waals surface area contributed by atoms with Gasteiger partial charge in [0.25, 0.3) is 10.0 Å². The average Bonchev–Trinajstić information content (AvgIpc) is 3.02. The third-order valence-electron chi connectivity index (χ3n) is 3.07. The summed E-state index contributed by atoms with van der Waals surface area (Å²) in [6.45, 7) is 0.517. The number of carbonyl (C=O) groups excluding carboxylic acids is 1. The predicted molar refractivity (Wildman–Crippen MR) is 94.8 cm³/mol. The molecule has 2 N–H and O–H groups in total. The van der Waals surface area contributed by atoms with E-state index >= 15 is 0 Å². The van der Waals surface area contributed by atoms with Gasteiger partial charge in [0.15, 0.2) is 4.21 Å². The number of methoxy groups -OCH3 is 2. The minimum atomic E-state index is -4.27. The zero-order valence-corrected chi connectivity index (χ0v) is 16.7. The van der Waals surface area contributed by atoms with Gasteiger partial charge in [-0.15, -0.1) is 4.98 Å². The lowest BCUT2D eigenvalue weighted by Crippen LogP contribution is -2.35. The topological polar surface area (TPSA) is 155 Å². The Morgan fingerprint density at radius 3 is 2.39 bits per heavy atom. The van der Waals surface area contributed by atoms with Crippen molar-refractivity contribution in [3.05, 3.63) is 11.3 Å². The van der Waals surface area contributed by atoms with E-state index in [1.807, 2.05) is 4.72 Å². The first-order valence-corrected chi connectivity index (χ1v) is 9.83. The summed E-state index contributed by atoms with van der Waals surface area (Å²) in [6, 6.07) is -1.41. The Hall–Kier alpha value is -2.65. The van der Waals surface area contributed by atoms with Gasteiger partial charge in [-0.1, -0.05) is 0 Å². The minimum Gasteiger partial charge on any atom is -0.467 e. The van der Waals surface area contributed by atoms with Crippen LogP contribution >= 0.6 is 11.5 Å². The van der Waals surface area contributed by atoms with Crippen LogP contribution in [0.3, 0.4) is 0 Å². The SMILES string of the molecule is COc1nc(NC(=O)NS(=O)(=O)c2snc(C)c2COCCF)nc(OC)n1. The molecule has 0 saturated heterocycles. The Morgan fingerprint density at radius 2 is 1.82 bits per heavy atom. The molecule has 15 heteroatoms. The third-order valence-corrected chi connectivity index (χ3v) is 5.92. The fourth-order valence-corrected chi connectivity index (χ4v) is 4.04. The van der Waals surface area contributed by atoms with Gasteiger partial charge in [0.05, 0.1) is 33.1 Å². The van der Waals surface area contributed by atoms with Crippen LogP contribution in [0, 0.1) is 6.92 Å². The van der Waals surface area contributed by atoms with Gasteiger partial charge in [-0.3, -0.25) is 5.32 Å². The number of sulfonamides is 1. The molecule has 2 amide bonds. The summed E-state index contributed by atoms with van der Waals surface area (Å²) in [7, 11) is -1.68. The number of carbonyl (C=O) groups is 1. The third kappa shape index (κ3) is 5.43. The summed E-state index contributed by atoms with van der Waals surface area (Å²) >= 11 is 0.666. The zero-order chi connectivity index (χ0) is 20.7. The number of aryl methyl sites for hydroxylation is 1. The van der Waals surface area contributed by atoms with Crippen molar-refractivity contribution in [2.45, 2.75) is 17.7 Å². The lowest BCUT2D eigenvalue weighted by molar-refractivity contribution is 0.105. The number of ether oxygens (including phenoxy) is 3. The highest BCUT2D eigenvalue weighted by Crippen LogP contribution is 2.24. The first kappa shape index (κ1) is 21.6. The lowest BCUT2D eigenvalue weighted by atomic mass is 10.3. The lowest BCUT2D eigenvalue weighted by Gasteiger charge is -2.09.